The van der Waals surface area contributed by atoms with Gasteiger partial charge in [-0.05, 0) is 62.8 Å². The van der Waals surface area contributed by atoms with Crippen molar-refractivity contribution >= 4 is 27.5 Å². The quantitative estimate of drug-likeness (QED) is 0.707. The van der Waals surface area contributed by atoms with Crippen LogP contribution in [0.4, 0.5) is 5.69 Å². The molecule has 1 aromatic rings. The Labute approximate surface area is 172 Å². The Bertz CT molecular complexity index is 905. The fraction of sp³-hybridized carbons (Fsp3) is 0.619. The molecule has 2 N–H and O–H groups in total. The van der Waals surface area contributed by atoms with Gasteiger partial charge in [0, 0.05) is 36.7 Å². The minimum absolute atomic E-state index is 0.0447. The van der Waals surface area contributed by atoms with E-state index in [9.17, 15) is 18.0 Å². The van der Waals surface area contributed by atoms with Crippen LogP contribution >= 0.6 is 0 Å². The highest BCUT2D eigenvalue weighted by atomic mass is 32.2. The maximum absolute atomic E-state index is 12.6. The maximum Gasteiger partial charge on any atom is 0.240 e. The van der Waals surface area contributed by atoms with Gasteiger partial charge in [0.25, 0.3) is 0 Å². The van der Waals surface area contributed by atoms with Crippen LogP contribution in [0.1, 0.15) is 57.4 Å². The SMILES string of the molecule is CC1Cc2cc(S(=O)(=O)NCCC(=O)NC3CCCC3)ccc2N1C(=O)C1CC1. The van der Waals surface area contributed by atoms with Crippen LogP contribution < -0.4 is 14.9 Å². The van der Waals surface area contributed by atoms with Crippen molar-refractivity contribution in [1.82, 2.24) is 10.0 Å². The number of anilines is 1. The zero-order valence-electron chi connectivity index (χ0n) is 16.8. The lowest BCUT2D eigenvalue weighted by Crippen LogP contribution is -2.36. The number of hydrogen-bond donors (Lipinski definition) is 2. The number of nitrogens with one attached hydrogen (secondary N) is 2. The Balaban J connectivity index is 1.37. The first kappa shape index (κ1) is 20.3. The second-order valence-electron chi connectivity index (χ2n) is 8.52. The molecule has 0 bridgehead atoms. The van der Waals surface area contributed by atoms with Gasteiger partial charge in [0.1, 0.15) is 0 Å². The van der Waals surface area contributed by atoms with Crippen molar-refractivity contribution in [3.63, 3.8) is 0 Å². The van der Waals surface area contributed by atoms with Crippen LogP contribution in [-0.4, -0.2) is 38.9 Å². The summed E-state index contributed by atoms with van der Waals surface area (Å²) in [5.74, 6) is 0.165. The van der Waals surface area contributed by atoms with Crippen molar-refractivity contribution in [2.24, 2.45) is 5.92 Å². The first-order valence-corrected chi connectivity index (χ1v) is 12.1. The van der Waals surface area contributed by atoms with Crippen LogP contribution in [0.5, 0.6) is 0 Å². The lowest BCUT2D eigenvalue weighted by molar-refractivity contribution is -0.121. The zero-order valence-corrected chi connectivity index (χ0v) is 17.6. The van der Waals surface area contributed by atoms with Gasteiger partial charge in [0.05, 0.1) is 4.90 Å². The number of amides is 2. The van der Waals surface area contributed by atoms with E-state index in [1.807, 2.05) is 11.8 Å². The number of sulfonamides is 1. The summed E-state index contributed by atoms with van der Waals surface area (Å²) in [5.41, 5.74) is 1.71. The van der Waals surface area contributed by atoms with Crippen molar-refractivity contribution in [1.29, 1.82) is 0 Å². The summed E-state index contributed by atoms with van der Waals surface area (Å²) in [6.45, 7) is 2.07. The number of rotatable bonds is 7. The number of nitrogens with zero attached hydrogens (tertiary/aromatic N) is 1. The van der Waals surface area contributed by atoms with Crippen LogP contribution in [0, 0.1) is 5.92 Å². The zero-order chi connectivity index (χ0) is 20.6. The largest absolute Gasteiger partial charge is 0.353 e. The molecule has 1 atom stereocenters. The molecule has 1 aromatic carbocycles. The lowest BCUT2D eigenvalue weighted by atomic mass is 10.1. The first-order valence-electron chi connectivity index (χ1n) is 10.6. The van der Waals surface area contributed by atoms with E-state index in [1.165, 1.54) is 0 Å². The molecule has 0 aromatic heterocycles. The molecule has 0 spiro atoms. The predicted molar refractivity (Wildman–Crippen MR) is 110 cm³/mol. The number of benzene rings is 1. The number of carbonyl (C=O) groups excluding carboxylic acids is 2. The maximum atomic E-state index is 12.6. The summed E-state index contributed by atoms with van der Waals surface area (Å²) >= 11 is 0. The average molecular weight is 420 g/mol. The fourth-order valence-corrected chi connectivity index (χ4v) is 5.47. The van der Waals surface area contributed by atoms with Gasteiger partial charge < -0.3 is 10.2 Å². The van der Waals surface area contributed by atoms with Gasteiger partial charge in [-0.3, -0.25) is 9.59 Å². The Morgan fingerprint density at radius 2 is 1.86 bits per heavy atom. The highest BCUT2D eigenvalue weighted by Crippen LogP contribution is 2.39. The third-order valence-corrected chi connectivity index (χ3v) is 7.56. The number of carbonyl (C=O) groups is 2. The molecule has 1 heterocycles. The average Bonchev–Trinajstić information content (AvgIpc) is 3.30. The van der Waals surface area contributed by atoms with E-state index in [1.54, 1.807) is 18.2 Å². The normalized spacial score (nSPS) is 22.0. The Morgan fingerprint density at radius 3 is 2.55 bits per heavy atom. The van der Waals surface area contributed by atoms with Crippen LogP contribution in [0.25, 0.3) is 0 Å². The van der Waals surface area contributed by atoms with Crippen molar-refractivity contribution in [2.45, 2.75) is 75.3 Å². The van der Waals surface area contributed by atoms with E-state index in [2.05, 4.69) is 10.0 Å². The molecule has 4 rings (SSSR count). The van der Waals surface area contributed by atoms with Crippen molar-refractivity contribution in [3.8, 4) is 0 Å². The lowest BCUT2D eigenvalue weighted by Gasteiger charge is -2.22. The third-order valence-electron chi connectivity index (χ3n) is 6.11. The van der Waals surface area contributed by atoms with Gasteiger partial charge in [-0.15, -0.1) is 0 Å². The molecule has 2 saturated carbocycles. The van der Waals surface area contributed by atoms with Crippen molar-refractivity contribution in [3.05, 3.63) is 23.8 Å². The van der Waals surface area contributed by atoms with Crippen LogP contribution in [-0.2, 0) is 26.0 Å². The summed E-state index contributed by atoms with van der Waals surface area (Å²) in [4.78, 5) is 26.5. The van der Waals surface area contributed by atoms with Gasteiger partial charge in [-0.1, -0.05) is 12.8 Å². The van der Waals surface area contributed by atoms with Gasteiger partial charge in [-0.25, -0.2) is 13.1 Å². The molecule has 2 fully saturated rings. The summed E-state index contributed by atoms with van der Waals surface area (Å²) in [5, 5.41) is 2.96. The van der Waals surface area contributed by atoms with E-state index in [-0.39, 0.29) is 47.7 Å². The summed E-state index contributed by atoms with van der Waals surface area (Å²) in [6.07, 6.45) is 6.96. The molecule has 29 heavy (non-hydrogen) atoms. The summed E-state index contributed by atoms with van der Waals surface area (Å²) in [6, 6.07) is 5.22. The summed E-state index contributed by atoms with van der Waals surface area (Å²) < 4.78 is 27.8. The van der Waals surface area contributed by atoms with E-state index in [4.69, 9.17) is 0 Å². The fourth-order valence-electron chi connectivity index (χ4n) is 4.39. The molecule has 1 unspecified atom stereocenters. The summed E-state index contributed by atoms with van der Waals surface area (Å²) in [7, 11) is -3.70. The molecule has 7 nitrogen and oxygen atoms in total. The van der Waals surface area contributed by atoms with Crippen molar-refractivity contribution < 1.29 is 18.0 Å². The molecule has 0 saturated heterocycles. The highest BCUT2D eigenvalue weighted by Gasteiger charge is 2.39. The second kappa shape index (κ2) is 8.07. The van der Waals surface area contributed by atoms with Gasteiger partial charge >= 0.3 is 0 Å². The molecule has 8 heteroatoms. The minimum Gasteiger partial charge on any atom is -0.353 e. The van der Waals surface area contributed by atoms with Crippen LogP contribution in [0.2, 0.25) is 0 Å². The number of hydrogen-bond acceptors (Lipinski definition) is 4. The van der Waals surface area contributed by atoms with Crippen LogP contribution in [0.3, 0.4) is 0 Å². The highest BCUT2D eigenvalue weighted by molar-refractivity contribution is 7.89. The predicted octanol–water partition coefficient (Wildman–Crippen LogP) is 2.10. The molecule has 158 valence electrons. The van der Waals surface area contributed by atoms with E-state index >= 15 is 0 Å². The topological polar surface area (TPSA) is 95.6 Å². The minimum atomic E-state index is -3.70. The molecule has 3 aliphatic rings. The van der Waals surface area contributed by atoms with Crippen LogP contribution in [0.15, 0.2) is 23.1 Å². The molecule has 2 aliphatic carbocycles. The van der Waals surface area contributed by atoms with Gasteiger partial charge in [-0.2, -0.15) is 0 Å². The third kappa shape index (κ3) is 4.48. The standard InChI is InChI=1S/C21H29N3O4S/c1-14-12-16-13-18(8-9-19(16)24(14)21(26)15-6-7-15)29(27,28)22-11-10-20(25)23-17-4-2-3-5-17/h8-9,13-15,17,22H,2-7,10-12H2,1H3,(H,23,25). The molecular weight excluding hydrogens is 390 g/mol. The van der Waals surface area contributed by atoms with E-state index in [0.717, 1.165) is 49.8 Å². The number of fused-ring (bicyclic) bond motifs is 1. The molecule has 0 radical (unpaired) electrons. The Morgan fingerprint density at radius 1 is 1.14 bits per heavy atom. The van der Waals surface area contributed by atoms with Gasteiger partial charge in [0.2, 0.25) is 21.8 Å². The molecular formula is C21H29N3O4S. The molecule has 1 aliphatic heterocycles. The van der Waals surface area contributed by atoms with E-state index < -0.39 is 10.0 Å². The second-order valence-corrected chi connectivity index (χ2v) is 10.3. The Kier molecular flexibility index (Phi) is 5.66. The molecule has 2 amide bonds. The van der Waals surface area contributed by atoms with Crippen molar-refractivity contribution in [2.75, 3.05) is 11.4 Å². The van der Waals surface area contributed by atoms with E-state index in [0.29, 0.717) is 6.42 Å². The Hall–Kier alpha value is -1.93. The van der Waals surface area contributed by atoms with Gasteiger partial charge in [0.15, 0.2) is 0 Å². The monoisotopic (exact) mass is 419 g/mol. The first-order chi connectivity index (χ1) is 13.8. The smallest absolute Gasteiger partial charge is 0.240 e.